The summed E-state index contributed by atoms with van der Waals surface area (Å²) in [5.74, 6) is 0. The molecule has 2 aliphatic carbocycles. The summed E-state index contributed by atoms with van der Waals surface area (Å²) in [7, 11) is 0. The van der Waals surface area contributed by atoms with Crippen LogP contribution in [0.15, 0.2) is 182 Å². The molecule has 55 heavy (non-hydrogen) atoms. The molecule has 0 spiro atoms. The maximum absolute atomic E-state index is 2.41. The second-order valence-electron chi connectivity index (χ2n) is 15.8. The van der Waals surface area contributed by atoms with Crippen LogP contribution < -0.4 is 4.90 Å². The first-order valence-electron chi connectivity index (χ1n) is 19.3. The number of fused-ring (bicyclic) bond motifs is 12. The standard InChI is InChI=1S/C53H36N2/c1-53(2)49-17-9-6-14-41(49)48-32-40(24-25-50(48)53)54(37-12-4-3-5-13-37)38-22-20-33-28-44-46(30-35(33)26-38)45-29-34-21-23-39(27-36(34)31-47(44)45)55-51-18-10-7-15-42(51)43-16-8-11-19-52(43)55/h3-32H,1-2H3. The Morgan fingerprint density at radius 2 is 0.891 bits per heavy atom. The first kappa shape index (κ1) is 30.6. The van der Waals surface area contributed by atoms with Gasteiger partial charge in [0.2, 0.25) is 0 Å². The van der Waals surface area contributed by atoms with Gasteiger partial charge in [0.25, 0.3) is 0 Å². The minimum atomic E-state index is -0.0247. The summed E-state index contributed by atoms with van der Waals surface area (Å²) in [6.45, 7) is 4.69. The lowest BCUT2D eigenvalue weighted by Gasteiger charge is -2.28. The van der Waals surface area contributed by atoms with E-state index in [0.29, 0.717) is 0 Å². The maximum atomic E-state index is 2.41. The number of anilines is 3. The van der Waals surface area contributed by atoms with E-state index in [4.69, 9.17) is 0 Å². The SMILES string of the molecule is CC1(C)c2ccccc2-c2cc(N(c3ccccc3)c3ccc4cc5c(cc4c3)-c3cc4ccc(-n6c7ccccc7c7ccccc76)cc4cc3-5)ccc21. The van der Waals surface area contributed by atoms with Crippen molar-refractivity contribution in [2.75, 3.05) is 4.90 Å². The molecule has 0 unspecified atom stereocenters. The summed E-state index contributed by atoms with van der Waals surface area (Å²) in [6.07, 6.45) is 0. The molecule has 12 rings (SSSR count). The lowest BCUT2D eigenvalue weighted by atomic mass is 9.78. The Kier molecular flexibility index (Phi) is 6.15. The van der Waals surface area contributed by atoms with Crippen LogP contribution in [0.2, 0.25) is 0 Å². The lowest BCUT2D eigenvalue weighted by molar-refractivity contribution is 0.660. The molecule has 0 saturated heterocycles. The molecule has 10 aromatic rings. The van der Waals surface area contributed by atoms with Crippen LogP contribution in [0.5, 0.6) is 0 Å². The normalized spacial score (nSPS) is 13.4. The van der Waals surface area contributed by atoms with E-state index in [1.807, 2.05) is 0 Å². The fourth-order valence-corrected chi connectivity index (χ4v) is 9.75. The second kappa shape index (κ2) is 11.1. The second-order valence-corrected chi connectivity index (χ2v) is 15.8. The van der Waals surface area contributed by atoms with Gasteiger partial charge in [-0.2, -0.15) is 0 Å². The molecule has 0 radical (unpaired) electrons. The van der Waals surface area contributed by atoms with Gasteiger partial charge in [-0.25, -0.2) is 0 Å². The van der Waals surface area contributed by atoms with E-state index in [9.17, 15) is 0 Å². The molecule has 0 aliphatic heterocycles. The average molecular weight is 701 g/mol. The minimum absolute atomic E-state index is 0.0247. The summed E-state index contributed by atoms with van der Waals surface area (Å²) in [5.41, 5.74) is 17.9. The van der Waals surface area contributed by atoms with Gasteiger partial charge in [0, 0.05) is 38.9 Å². The molecule has 2 heteroatoms. The van der Waals surface area contributed by atoms with Crippen molar-refractivity contribution < 1.29 is 0 Å². The Labute approximate surface area is 320 Å². The van der Waals surface area contributed by atoms with Crippen molar-refractivity contribution in [3.05, 3.63) is 193 Å². The third-order valence-corrected chi connectivity index (χ3v) is 12.4. The zero-order valence-corrected chi connectivity index (χ0v) is 30.7. The molecule has 0 N–H and O–H groups in total. The highest BCUT2D eigenvalue weighted by Gasteiger charge is 2.35. The molecule has 0 saturated carbocycles. The zero-order valence-electron chi connectivity index (χ0n) is 30.7. The van der Waals surface area contributed by atoms with Crippen molar-refractivity contribution in [2.45, 2.75) is 19.3 Å². The van der Waals surface area contributed by atoms with Crippen molar-refractivity contribution >= 4 is 60.4 Å². The van der Waals surface area contributed by atoms with Crippen molar-refractivity contribution in [1.29, 1.82) is 0 Å². The van der Waals surface area contributed by atoms with Crippen molar-refractivity contribution in [3.8, 4) is 39.1 Å². The Hall–Kier alpha value is -6.90. The van der Waals surface area contributed by atoms with Gasteiger partial charge in [-0.05, 0) is 151 Å². The summed E-state index contributed by atoms with van der Waals surface area (Å²) in [6, 6.07) is 67.6. The van der Waals surface area contributed by atoms with Gasteiger partial charge in [-0.3, -0.25) is 0 Å². The third-order valence-electron chi connectivity index (χ3n) is 12.4. The van der Waals surface area contributed by atoms with Crippen LogP contribution in [-0.4, -0.2) is 4.57 Å². The van der Waals surface area contributed by atoms with Gasteiger partial charge in [-0.1, -0.05) is 111 Å². The molecule has 0 atom stereocenters. The molecular formula is C53H36N2. The number of hydrogen-bond donors (Lipinski definition) is 0. The largest absolute Gasteiger partial charge is 0.310 e. The number of hydrogen-bond acceptors (Lipinski definition) is 1. The molecule has 2 aliphatic rings. The van der Waals surface area contributed by atoms with Gasteiger partial charge >= 0.3 is 0 Å². The lowest BCUT2D eigenvalue weighted by Crippen LogP contribution is -2.15. The van der Waals surface area contributed by atoms with Crippen molar-refractivity contribution in [2.24, 2.45) is 0 Å². The van der Waals surface area contributed by atoms with E-state index in [0.717, 1.165) is 17.1 Å². The van der Waals surface area contributed by atoms with Gasteiger partial charge in [0.1, 0.15) is 0 Å². The molecule has 1 heterocycles. The Bertz CT molecular complexity index is 3180. The zero-order chi connectivity index (χ0) is 36.4. The number of aromatic nitrogens is 1. The monoisotopic (exact) mass is 700 g/mol. The van der Waals surface area contributed by atoms with Crippen LogP contribution >= 0.6 is 0 Å². The Balaban J connectivity index is 0.953. The fraction of sp³-hybridized carbons (Fsp3) is 0.0566. The van der Waals surface area contributed by atoms with Crippen LogP contribution in [0.25, 0.3) is 82.4 Å². The molecular weight excluding hydrogens is 665 g/mol. The fourth-order valence-electron chi connectivity index (χ4n) is 9.75. The van der Waals surface area contributed by atoms with E-state index >= 15 is 0 Å². The van der Waals surface area contributed by atoms with Gasteiger partial charge in [-0.15, -0.1) is 0 Å². The van der Waals surface area contributed by atoms with Crippen LogP contribution in [0, 0.1) is 0 Å². The summed E-state index contributed by atoms with van der Waals surface area (Å²) < 4.78 is 2.41. The van der Waals surface area contributed by atoms with E-state index in [1.54, 1.807) is 0 Å². The highest BCUT2D eigenvalue weighted by molar-refractivity contribution is 6.13. The van der Waals surface area contributed by atoms with Gasteiger partial charge in [0.05, 0.1) is 11.0 Å². The number of nitrogens with zero attached hydrogens (tertiary/aromatic N) is 2. The number of para-hydroxylation sites is 3. The highest BCUT2D eigenvalue weighted by atomic mass is 15.1. The van der Waals surface area contributed by atoms with E-state index < -0.39 is 0 Å². The van der Waals surface area contributed by atoms with Crippen LogP contribution in [0.4, 0.5) is 17.1 Å². The molecule has 0 bridgehead atoms. The average Bonchev–Trinajstić information content (AvgIpc) is 3.68. The van der Waals surface area contributed by atoms with E-state index in [-0.39, 0.29) is 5.41 Å². The van der Waals surface area contributed by atoms with Crippen molar-refractivity contribution in [1.82, 2.24) is 4.57 Å². The maximum Gasteiger partial charge on any atom is 0.0541 e. The first-order valence-corrected chi connectivity index (χ1v) is 19.3. The van der Waals surface area contributed by atoms with Gasteiger partial charge in [0.15, 0.2) is 0 Å². The summed E-state index contributed by atoms with van der Waals surface area (Å²) in [4.78, 5) is 2.41. The molecule has 2 nitrogen and oxygen atoms in total. The van der Waals surface area contributed by atoms with E-state index in [2.05, 4.69) is 205 Å². The highest BCUT2D eigenvalue weighted by Crippen LogP contribution is 2.53. The van der Waals surface area contributed by atoms with Crippen LogP contribution in [-0.2, 0) is 5.41 Å². The Morgan fingerprint density at radius 3 is 1.60 bits per heavy atom. The predicted octanol–water partition coefficient (Wildman–Crippen LogP) is 14.5. The number of benzene rings is 9. The smallest absolute Gasteiger partial charge is 0.0541 e. The summed E-state index contributed by atoms with van der Waals surface area (Å²) in [5, 5.41) is 7.60. The summed E-state index contributed by atoms with van der Waals surface area (Å²) >= 11 is 0. The molecule has 258 valence electrons. The minimum Gasteiger partial charge on any atom is -0.310 e. The molecule has 9 aromatic carbocycles. The van der Waals surface area contributed by atoms with Crippen LogP contribution in [0.3, 0.4) is 0 Å². The molecule has 0 amide bonds. The third kappa shape index (κ3) is 4.31. The number of rotatable bonds is 4. The first-order chi connectivity index (χ1) is 27.0. The van der Waals surface area contributed by atoms with Crippen LogP contribution in [0.1, 0.15) is 25.0 Å². The quantitative estimate of drug-likeness (QED) is 0.177. The molecule has 0 fully saturated rings. The Morgan fingerprint density at radius 1 is 0.364 bits per heavy atom. The van der Waals surface area contributed by atoms with Gasteiger partial charge < -0.3 is 9.47 Å². The van der Waals surface area contributed by atoms with Crippen molar-refractivity contribution in [3.63, 3.8) is 0 Å². The predicted molar refractivity (Wildman–Crippen MR) is 232 cm³/mol. The van der Waals surface area contributed by atoms with E-state index in [1.165, 1.54) is 93.5 Å². The topological polar surface area (TPSA) is 8.17 Å². The molecule has 1 aromatic heterocycles.